The van der Waals surface area contributed by atoms with Gasteiger partial charge in [-0.15, -0.1) is 0 Å². The molecular formula is C21H25N5O5. The molecule has 3 rings (SSSR count). The second-order valence-electron chi connectivity index (χ2n) is 7.64. The number of carbonyl (C=O) groups excluding carboxylic acids is 2. The van der Waals surface area contributed by atoms with Crippen molar-refractivity contribution in [3.05, 3.63) is 65.5 Å². The van der Waals surface area contributed by atoms with Crippen LogP contribution < -0.4 is 16.8 Å². The van der Waals surface area contributed by atoms with Gasteiger partial charge in [0.05, 0.1) is 6.04 Å². The lowest BCUT2D eigenvalue weighted by molar-refractivity contribution is 0.0924. The zero-order valence-corrected chi connectivity index (χ0v) is 17.2. The summed E-state index contributed by atoms with van der Waals surface area (Å²) < 4.78 is 10.7. The van der Waals surface area contributed by atoms with Crippen molar-refractivity contribution in [3.63, 3.8) is 0 Å². The molecule has 6 N–H and O–H groups in total. The summed E-state index contributed by atoms with van der Waals surface area (Å²) in [6.07, 6.45) is 3.32. The Morgan fingerprint density at radius 1 is 1.06 bits per heavy atom. The summed E-state index contributed by atoms with van der Waals surface area (Å²) in [7, 11) is 0. The van der Waals surface area contributed by atoms with Crippen LogP contribution in [0.15, 0.2) is 45.6 Å². The molecule has 1 aromatic carbocycles. The Labute approximate surface area is 178 Å². The second-order valence-corrected chi connectivity index (χ2v) is 7.64. The molecule has 2 atom stereocenters. The van der Waals surface area contributed by atoms with Crippen molar-refractivity contribution in [2.24, 2.45) is 17.4 Å². The van der Waals surface area contributed by atoms with Gasteiger partial charge in [0, 0.05) is 6.42 Å². The van der Waals surface area contributed by atoms with Crippen LogP contribution in [0.5, 0.6) is 5.75 Å². The second kappa shape index (κ2) is 9.43. The first-order valence-corrected chi connectivity index (χ1v) is 9.78. The van der Waals surface area contributed by atoms with E-state index in [4.69, 9.17) is 20.3 Å². The molecule has 2 amide bonds. The van der Waals surface area contributed by atoms with Crippen LogP contribution in [0.25, 0.3) is 0 Å². The van der Waals surface area contributed by atoms with Crippen molar-refractivity contribution in [1.82, 2.24) is 15.3 Å². The first kappa shape index (κ1) is 22.0. The number of hydrogen-bond acceptors (Lipinski definition) is 8. The van der Waals surface area contributed by atoms with E-state index in [-0.39, 0.29) is 35.3 Å². The SMILES string of the molecule is CC(C)C[C@H](N)c1nc(C(=O)N[C@@H](Cc2ccc(O)cc2)c2nc(C(N)=O)co2)co1. The summed E-state index contributed by atoms with van der Waals surface area (Å²) in [5.74, 6) is -0.418. The average molecular weight is 427 g/mol. The van der Waals surface area contributed by atoms with Gasteiger partial charge in [-0.1, -0.05) is 26.0 Å². The predicted molar refractivity (Wildman–Crippen MR) is 110 cm³/mol. The van der Waals surface area contributed by atoms with Crippen LogP contribution in [-0.4, -0.2) is 26.9 Å². The van der Waals surface area contributed by atoms with Gasteiger partial charge >= 0.3 is 0 Å². The highest BCUT2D eigenvalue weighted by Gasteiger charge is 2.25. The molecule has 0 fully saturated rings. The standard InChI is InChI=1S/C21H25N5O5/c1-11(2)7-14(22)20-26-17(10-30-20)19(29)24-15(8-12-3-5-13(27)6-4-12)21-25-16(9-31-21)18(23)28/h3-6,9-11,14-15,27H,7-8,22H2,1-2H3,(H2,23,28)(H,24,29)/t14-,15-/m0/s1. The van der Waals surface area contributed by atoms with Crippen LogP contribution in [0.3, 0.4) is 0 Å². The molecule has 164 valence electrons. The number of nitrogens with two attached hydrogens (primary N) is 2. The number of nitrogens with zero attached hydrogens (tertiary/aromatic N) is 2. The van der Waals surface area contributed by atoms with Gasteiger partial charge in [-0.2, -0.15) is 0 Å². The Kier molecular flexibility index (Phi) is 6.71. The molecule has 10 heteroatoms. The number of benzene rings is 1. The summed E-state index contributed by atoms with van der Waals surface area (Å²) >= 11 is 0. The lowest BCUT2D eigenvalue weighted by Crippen LogP contribution is -2.30. The van der Waals surface area contributed by atoms with Crippen LogP contribution in [0.2, 0.25) is 0 Å². The molecule has 0 aliphatic carbocycles. The van der Waals surface area contributed by atoms with Crippen LogP contribution in [0.4, 0.5) is 0 Å². The number of phenolic OH excluding ortho intramolecular Hbond substituents is 1. The fraction of sp³-hybridized carbons (Fsp3) is 0.333. The highest BCUT2D eigenvalue weighted by Crippen LogP contribution is 2.22. The molecule has 10 nitrogen and oxygen atoms in total. The van der Waals surface area contributed by atoms with Gasteiger partial charge in [-0.05, 0) is 30.0 Å². The number of aromatic hydroxyl groups is 1. The van der Waals surface area contributed by atoms with Gasteiger partial charge in [0.2, 0.25) is 11.8 Å². The quantitative estimate of drug-likeness (QED) is 0.402. The van der Waals surface area contributed by atoms with Crippen LogP contribution in [-0.2, 0) is 6.42 Å². The monoisotopic (exact) mass is 427 g/mol. The lowest BCUT2D eigenvalue weighted by atomic mass is 10.0. The van der Waals surface area contributed by atoms with Crippen molar-refractivity contribution >= 4 is 11.8 Å². The number of primary amides is 1. The lowest BCUT2D eigenvalue weighted by Gasteiger charge is -2.15. The predicted octanol–water partition coefficient (Wildman–Crippen LogP) is 2.23. The van der Waals surface area contributed by atoms with Gasteiger partial charge in [-0.3, -0.25) is 9.59 Å². The third kappa shape index (κ3) is 5.70. The van der Waals surface area contributed by atoms with Gasteiger partial charge in [0.1, 0.15) is 24.3 Å². The first-order valence-electron chi connectivity index (χ1n) is 9.78. The maximum absolute atomic E-state index is 12.8. The summed E-state index contributed by atoms with van der Waals surface area (Å²) in [6, 6.07) is 5.31. The number of rotatable bonds is 9. The van der Waals surface area contributed by atoms with Crippen LogP contribution in [0, 0.1) is 5.92 Å². The van der Waals surface area contributed by atoms with E-state index < -0.39 is 23.9 Å². The average Bonchev–Trinajstić information content (AvgIpc) is 3.39. The van der Waals surface area contributed by atoms with E-state index in [2.05, 4.69) is 15.3 Å². The zero-order chi connectivity index (χ0) is 22.5. The van der Waals surface area contributed by atoms with Crippen molar-refractivity contribution < 1.29 is 23.5 Å². The topological polar surface area (TPSA) is 170 Å². The normalized spacial score (nSPS) is 13.2. The number of amides is 2. The molecule has 3 aromatic rings. The molecule has 0 bridgehead atoms. The van der Waals surface area contributed by atoms with Gasteiger partial charge < -0.3 is 30.7 Å². The molecule has 0 aliphatic heterocycles. The Bertz CT molecular complexity index is 1040. The fourth-order valence-electron chi connectivity index (χ4n) is 3.03. The Morgan fingerprint density at radius 3 is 2.29 bits per heavy atom. The first-order chi connectivity index (χ1) is 14.7. The molecule has 0 spiro atoms. The zero-order valence-electron chi connectivity index (χ0n) is 17.2. The number of hydrogen-bond donors (Lipinski definition) is 4. The Morgan fingerprint density at radius 2 is 1.68 bits per heavy atom. The molecule has 31 heavy (non-hydrogen) atoms. The Balaban J connectivity index is 1.80. The Hall–Kier alpha value is -3.66. The summed E-state index contributed by atoms with van der Waals surface area (Å²) in [4.78, 5) is 32.4. The maximum Gasteiger partial charge on any atom is 0.273 e. The molecule has 0 saturated carbocycles. The molecule has 0 saturated heterocycles. The fourth-order valence-corrected chi connectivity index (χ4v) is 3.03. The highest BCUT2D eigenvalue weighted by atomic mass is 16.3. The molecule has 0 radical (unpaired) electrons. The van der Waals surface area contributed by atoms with E-state index in [1.165, 1.54) is 18.4 Å². The molecule has 2 aromatic heterocycles. The smallest absolute Gasteiger partial charge is 0.273 e. The number of carbonyl (C=O) groups is 2. The van der Waals surface area contributed by atoms with E-state index in [1.807, 2.05) is 13.8 Å². The number of aromatic nitrogens is 2. The van der Waals surface area contributed by atoms with Crippen LogP contribution >= 0.6 is 0 Å². The van der Waals surface area contributed by atoms with Gasteiger partial charge in [0.25, 0.3) is 11.8 Å². The van der Waals surface area contributed by atoms with Crippen molar-refractivity contribution in [2.75, 3.05) is 0 Å². The minimum absolute atomic E-state index is 0.0525. The van der Waals surface area contributed by atoms with E-state index in [9.17, 15) is 14.7 Å². The highest BCUT2D eigenvalue weighted by molar-refractivity contribution is 5.92. The third-order valence-corrected chi connectivity index (χ3v) is 4.55. The van der Waals surface area contributed by atoms with E-state index in [0.717, 1.165) is 11.8 Å². The minimum atomic E-state index is -0.745. The van der Waals surface area contributed by atoms with Crippen molar-refractivity contribution in [2.45, 2.75) is 38.8 Å². The van der Waals surface area contributed by atoms with Crippen molar-refractivity contribution in [3.8, 4) is 5.75 Å². The van der Waals surface area contributed by atoms with Gasteiger partial charge in [0.15, 0.2) is 11.4 Å². The minimum Gasteiger partial charge on any atom is -0.508 e. The summed E-state index contributed by atoms with van der Waals surface area (Å²) in [5.41, 5.74) is 12.1. The largest absolute Gasteiger partial charge is 0.508 e. The van der Waals surface area contributed by atoms with E-state index in [0.29, 0.717) is 12.3 Å². The number of oxazole rings is 2. The number of nitrogens with one attached hydrogen (secondary N) is 1. The van der Waals surface area contributed by atoms with Gasteiger partial charge in [-0.25, -0.2) is 9.97 Å². The molecule has 0 unspecified atom stereocenters. The summed E-state index contributed by atoms with van der Waals surface area (Å²) in [6.45, 7) is 4.06. The molecule has 2 heterocycles. The summed E-state index contributed by atoms with van der Waals surface area (Å²) in [5, 5.41) is 12.3. The molecule has 0 aliphatic rings. The number of phenols is 1. The van der Waals surface area contributed by atoms with E-state index >= 15 is 0 Å². The van der Waals surface area contributed by atoms with Crippen molar-refractivity contribution in [1.29, 1.82) is 0 Å². The third-order valence-electron chi connectivity index (χ3n) is 4.55. The van der Waals surface area contributed by atoms with Crippen LogP contribution in [0.1, 0.15) is 70.7 Å². The molecular weight excluding hydrogens is 402 g/mol. The van der Waals surface area contributed by atoms with E-state index in [1.54, 1.807) is 12.1 Å². The maximum atomic E-state index is 12.8.